The van der Waals surface area contributed by atoms with Gasteiger partial charge in [-0.1, -0.05) is 0 Å². The minimum Gasteiger partial charge on any atom is -0.494 e. The predicted molar refractivity (Wildman–Crippen MR) is 73.3 cm³/mol. The Morgan fingerprint density at radius 3 is 3.00 bits per heavy atom. The second-order valence-corrected chi connectivity index (χ2v) is 4.80. The van der Waals surface area contributed by atoms with E-state index in [4.69, 9.17) is 9.47 Å². The van der Waals surface area contributed by atoms with Crippen molar-refractivity contribution in [1.82, 2.24) is 14.7 Å². The van der Waals surface area contributed by atoms with Crippen LogP contribution in [0.5, 0.6) is 5.75 Å². The number of rotatable bonds is 3. The maximum absolute atomic E-state index is 12.0. The fourth-order valence-electron chi connectivity index (χ4n) is 2.70. The van der Waals surface area contributed by atoms with Crippen LogP contribution in [0.25, 0.3) is 5.52 Å². The van der Waals surface area contributed by atoms with Crippen LogP contribution in [-0.2, 0) is 4.74 Å². The summed E-state index contributed by atoms with van der Waals surface area (Å²) < 4.78 is 12.1. The second kappa shape index (κ2) is 5.13. The number of esters is 1. The zero-order chi connectivity index (χ0) is 14.1. The van der Waals surface area contributed by atoms with Gasteiger partial charge in [-0.15, -0.1) is 0 Å². The number of imidazole rings is 1. The molecule has 1 N–H and O–H groups in total. The second-order valence-electron chi connectivity index (χ2n) is 4.80. The Labute approximate surface area is 116 Å². The number of nitrogens with zero attached hydrogens (tertiary/aromatic N) is 2. The molecule has 0 aromatic carbocycles. The summed E-state index contributed by atoms with van der Waals surface area (Å²) >= 11 is 0. The van der Waals surface area contributed by atoms with Crippen molar-refractivity contribution >= 4 is 11.5 Å². The third-order valence-electron chi connectivity index (χ3n) is 3.68. The molecule has 0 aliphatic carbocycles. The van der Waals surface area contributed by atoms with Gasteiger partial charge in [-0.25, -0.2) is 9.78 Å². The third-order valence-corrected chi connectivity index (χ3v) is 3.68. The zero-order valence-electron chi connectivity index (χ0n) is 11.5. The summed E-state index contributed by atoms with van der Waals surface area (Å²) in [5, 5.41) is 3.32. The number of fused-ring (bicyclic) bond motifs is 1. The molecule has 6 nitrogen and oxygen atoms in total. The molecule has 0 radical (unpaired) electrons. The highest BCUT2D eigenvalue weighted by Crippen LogP contribution is 2.29. The van der Waals surface area contributed by atoms with Gasteiger partial charge in [-0.2, -0.15) is 0 Å². The smallest absolute Gasteiger partial charge is 0.359 e. The van der Waals surface area contributed by atoms with Gasteiger partial charge in [0.25, 0.3) is 0 Å². The van der Waals surface area contributed by atoms with Gasteiger partial charge in [0.15, 0.2) is 5.69 Å². The van der Waals surface area contributed by atoms with E-state index in [0.717, 1.165) is 25.3 Å². The molecule has 2 aromatic rings. The van der Waals surface area contributed by atoms with Gasteiger partial charge < -0.3 is 14.8 Å². The normalized spacial score (nSPS) is 18.4. The van der Waals surface area contributed by atoms with Crippen LogP contribution in [0.3, 0.4) is 0 Å². The SMILES string of the molecule is COC(=O)c1nc(C2CCNC2)n2cccc(OC)c12. The number of carbonyl (C=O) groups is 1. The molecule has 0 bridgehead atoms. The summed E-state index contributed by atoms with van der Waals surface area (Å²) in [7, 11) is 2.94. The molecular weight excluding hydrogens is 258 g/mol. The molecule has 1 fully saturated rings. The van der Waals surface area contributed by atoms with E-state index < -0.39 is 5.97 Å². The molecule has 2 aromatic heterocycles. The molecule has 1 atom stereocenters. The highest BCUT2D eigenvalue weighted by Gasteiger charge is 2.27. The molecule has 1 unspecified atom stereocenters. The Morgan fingerprint density at radius 2 is 2.35 bits per heavy atom. The number of carbonyl (C=O) groups excluding carboxylic acids is 1. The lowest BCUT2D eigenvalue weighted by atomic mass is 10.1. The van der Waals surface area contributed by atoms with Crippen LogP contribution >= 0.6 is 0 Å². The van der Waals surface area contributed by atoms with Crippen LogP contribution in [0.15, 0.2) is 18.3 Å². The standard InChI is InChI=1S/C14H17N3O3/c1-19-10-4-3-7-17-12(10)11(14(18)20-2)16-13(17)9-5-6-15-8-9/h3-4,7,9,15H,5-6,8H2,1-2H3. The lowest BCUT2D eigenvalue weighted by Gasteiger charge is -2.08. The average Bonchev–Trinajstić information content (AvgIpc) is 3.12. The predicted octanol–water partition coefficient (Wildman–Crippen LogP) is 1.21. The first-order valence-electron chi connectivity index (χ1n) is 6.60. The molecule has 6 heteroatoms. The van der Waals surface area contributed by atoms with Crippen LogP contribution in [0.4, 0.5) is 0 Å². The molecule has 1 aliphatic heterocycles. The van der Waals surface area contributed by atoms with Crippen LogP contribution in [-0.4, -0.2) is 42.7 Å². The van der Waals surface area contributed by atoms with Crippen LogP contribution in [0.1, 0.15) is 28.7 Å². The molecule has 3 rings (SSSR count). The minimum absolute atomic E-state index is 0.299. The van der Waals surface area contributed by atoms with Crippen LogP contribution in [0, 0.1) is 0 Å². The van der Waals surface area contributed by atoms with Gasteiger partial charge >= 0.3 is 5.97 Å². The quantitative estimate of drug-likeness (QED) is 0.853. The Morgan fingerprint density at radius 1 is 1.50 bits per heavy atom. The number of hydrogen-bond donors (Lipinski definition) is 1. The number of nitrogens with one attached hydrogen (secondary N) is 1. The van der Waals surface area contributed by atoms with Crippen molar-refractivity contribution in [3.63, 3.8) is 0 Å². The molecule has 0 amide bonds. The fraction of sp³-hybridized carbons (Fsp3) is 0.429. The number of aromatic nitrogens is 2. The van der Waals surface area contributed by atoms with E-state index >= 15 is 0 Å². The number of ether oxygens (including phenoxy) is 2. The van der Waals surface area contributed by atoms with Crippen molar-refractivity contribution in [3.05, 3.63) is 29.8 Å². The van der Waals surface area contributed by atoms with E-state index in [0.29, 0.717) is 22.9 Å². The number of methoxy groups -OCH3 is 2. The zero-order valence-corrected chi connectivity index (χ0v) is 11.5. The monoisotopic (exact) mass is 275 g/mol. The van der Waals surface area contributed by atoms with Gasteiger partial charge in [0.05, 0.1) is 14.2 Å². The topological polar surface area (TPSA) is 64.9 Å². The van der Waals surface area contributed by atoms with Crippen molar-refractivity contribution in [2.75, 3.05) is 27.3 Å². The van der Waals surface area contributed by atoms with E-state index in [1.54, 1.807) is 7.11 Å². The molecule has 0 spiro atoms. The van der Waals surface area contributed by atoms with Gasteiger partial charge in [-0.3, -0.25) is 4.40 Å². The number of pyridine rings is 1. The van der Waals surface area contributed by atoms with Gasteiger partial charge in [0.1, 0.15) is 17.1 Å². The van der Waals surface area contributed by atoms with Crippen molar-refractivity contribution in [3.8, 4) is 5.75 Å². The highest BCUT2D eigenvalue weighted by atomic mass is 16.5. The van der Waals surface area contributed by atoms with Gasteiger partial charge in [0.2, 0.25) is 0 Å². The molecule has 1 aliphatic rings. The molecule has 1 saturated heterocycles. The maximum Gasteiger partial charge on any atom is 0.359 e. The average molecular weight is 275 g/mol. The van der Waals surface area contributed by atoms with Crippen molar-refractivity contribution in [2.24, 2.45) is 0 Å². The minimum atomic E-state index is -0.441. The Balaban J connectivity index is 2.23. The third kappa shape index (κ3) is 1.92. The van der Waals surface area contributed by atoms with E-state index in [9.17, 15) is 4.79 Å². The van der Waals surface area contributed by atoms with Gasteiger partial charge in [0, 0.05) is 18.7 Å². The van der Waals surface area contributed by atoms with Crippen molar-refractivity contribution in [1.29, 1.82) is 0 Å². The van der Waals surface area contributed by atoms with Crippen molar-refractivity contribution in [2.45, 2.75) is 12.3 Å². The Hall–Kier alpha value is -2.08. The summed E-state index contributed by atoms with van der Waals surface area (Å²) in [4.78, 5) is 16.5. The Bertz CT molecular complexity index is 644. The fourth-order valence-corrected chi connectivity index (χ4v) is 2.70. The largest absolute Gasteiger partial charge is 0.494 e. The molecular formula is C14H17N3O3. The van der Waals surface area contributed by atoms with E-state index in [1.807, 2.05) is 22.7 Å². The molecule has 106 valence electrons. The summed E-state index contributed by atoms with van der Waals surface area (Å²) in [5.41, 5.74) is 0.982. The highest BCUT2D eigenvalue weighted by molar-refractivity contribution is 5.97. The lowest BCUT2D eigenvalue weighted by molar-refractivity contribution is 0.0596. The van der Waals surface area contributed by atoms with Crippen LogP contribution in [0.2, 0.25) is 0 Å². The summed E-state index contributed by atoms with van der Waals surface area (Å²) in [6, 6.07) is 3.71. The van der Waals surface area contributed by atoms with E-state index in [2.05, 4.69) is 10.3 Å². The molecule has 0 saturated carbocycles. The van der Waals surface area contributed by atoms with Gasteiger partial charge in [-0.05, 0) is 25.1 Å². The Kier molecular flexibility index (Phi) is 3.31. The summed E-state index contributed by atoms with van der Waals surface area (Å²) in [6.07, 6.45) is 2.92. The molecule has 20 heavy (non-hydrogen) atoms. The van der Waals surface area contributed by atoms with E-state index in [1.165, 1.54) is 7.11 Å². The summed E-state index contributed by atoms with van der Waals surface area (Å²) in [6.45, 7) is 1.84. The summed E-state index contributed by atoms with van der Waals surface area (Å²) in [5.74, 6) is 1.36. The van der Waals surface area contributed by atoms with E-state index in [-0.39, 0.29) is 0 Å². The van der Waals surface area contributed by atoms with Crippen molar-refractivity contribution < 1.29 is 14.3 Å². The van der Waals surface area contributed by atoms with Crippen LogP contribution < -0.4 is 10.1 Å². The first-order chi connectivity index (χ1) is 9.76. The first kappa shape index (κ1) is 12.9. The lowest BCUT2D eigenvalue weighted by Crippen LogP contribution is -2.10. The first-order valence-corrected chi connectivity index (χ1v) is 6.60. The maximum atomic E-state index is 12.0. The number of hydrogen-bond acceptors (Lipinski definition) is 5. The molecule has 3 heterocycles.